The van der Waals surface area contributed by atoms with Crippen LogP contribution in [0.15, 0.2) is 0 Å². The number of hydrogen-bond acceptors (Lipinski definition) is 2. The van der Waals surface area contributed by atoms with Crippen molar-refractivity contribution in [1.82, 2.24) is 0 Å². The molecule has 0 saturated heterocycles. The summed E-state index contributed by atoms with van der Waals surface area (Å²) in [7, 11) is 0. The molecule has 0 amide bonds. The van der Waals surface area contributed by atoms with Crippen LogP contribution in [0.25, 0.3) is 0 Å². The fourth-order valence-electron chi connectivity index (χ4n) is 0.677. The maximum atomic E-state index is 5.52. The molecule has 0 spiro atoms. The van der Waals surface area contributed by atoms with Crippen molar-refractivity contribution < 1.29 is 8.85 Å². The van der Waals surface area contributed by atoms with Gasteiger partial charge in [0, 0.05) is 13.2 Å². The Hall–Kier alpha value is 0.867. The van der Waals surface area contributed by atoms with Gasteiger partial charge in [0.05, 0.1) is 0 Å². The predicted octanol–water partition coefficient (Wildman–Crippen LogP) is 2.45. The van der Waals surface area contributed by atoms with Gasteiger partial charge in [0.1, 0.15) is 0 Å². The molecule has 0 radical (unpaired) electrons. The standard InChI is InChI=1S/C6H15IO2Si/c1-4-8-10(7,6-3)9-5-2/h4-6H2,1-3H3. The zero-order valence-corrected chi connectivity index (χ0v) is 9.97. The minimum Gasteiger partial charge on any atom is -0.387 e. The van der Waals surface area contributed by atoms with Crippen LogP contribution < -0.4 is 0 Å². The first-order chi connectivity index (χ1) is 4.68. The van der Waals surface area contributed by atoms with Crippen molar-refractivity contribution in [1.29, 1.82) is 0 Å². The molecule has 0 saturated carbocycles. The Bertz CT molecular complexity index is 83.8. The second-order valence-electron chi connectivity index (χ2n) is 1.88. The zero-order valence-electron chi connectivity index (χ0n) is 6.82. The van der Waals surface area contributed by atoms with Crippen molar-refractivity contribution >= 4 is 27.9 Å². The number of rotatable bonds is 5. The first-order valence-corrected chi connectivity index (χ1v) is 8.79. The Morgan fingerprint density at radius 1 is 1.10 bits per heavy atom. The summed E-state index contributed by atoms with van der Waals surface area (Å²) in [4.78, 5) is 0. The lowest BCUT2D eigenvalue weighted by molar-refractivity contribution is 0.210. The SMILES string of the molecule is CCO[Si](I)(CC)OCC. The molecule has 0 aromatic rings. The van der Waals surface area contributed by atoms with E-state index in [2.05, 4.69) is 28.7 Å². The van der Waals surface area contributed by atoms with Crippen LogP contribution in [0.1, 0.15) is 20.8 Å². The van der Waals surface area contributed by atoms with Crippen LogP contribution in [0.4, 0.5) is 0 Å². The molecule has 0 heterocycles. The largest absolute Gasteiger partial charge is 0.407 e. The molecule has 0 aromatic heterocycles. The summed E-state index contributed by atoms with van der Waals surface area (Å²) < 4.78 is 11.0. The molecule has 0 atom stereocenters. The van der Waals surface area contributed by atoms with E-state index in [4.69, 9.17) is 8.85 Å². The van der Waals surface area contributed by atoms with Crippen molar-refractivity contribution in [3.8, 4) is 0 Å². The second kappa shape index (κ2) is 5.51. The zero-order chi connectivity index (χ0) is 8.04. The number of halogens is 1. The van der Waals surface area contributed by atoms with Gasteiger partial charge in [0.2, 0.25) is 0 Å². The van der Waals surface area contributed by atoms with Crippen LogP contribution in [0.2, 0.25) is 6.04 Å². The summed E-state index contributed by atoms with van der Waals surface area (Å²) in [6.07, 6.45) is 0. The molecule has 0 aliphatic rings. The lowest BCUT2D eigenvalue weighted by Crippen LogP contribution is -2.34. The molecule has 62 valence electrons. The monoisotopic (exact) mass is 274 g/mol. The third-order valence-corrected chi connectivity index (χ3v) is 7.58. The van der Waals surface area contributed by atoms with Crippen molar-refractivity contribution in [2.75, 3.05) is 13.2 Å². The molecule has 10 heavy (non-hydrogen) atoms. The van der Waals surface area contributed by atoms with E-state index in [1.54, 1.807) is 0 Å². The van der Waals surface area contributed by atoms with Gasteiger partial charge in [-0.15, -0.1) is 0 Å². The fourth-order valence-corrected chi connectivity index (χ4v) is 3.90. The van der Waals surface area contributed by atoms with Crippen LogP contribution in [0.5, 0.6) is 0 Å². The highest BCUT2D eigenvalue weighted by Gasteiger charge is 2.30. The van der Waals surface area contributed by atoms with Gasteiger partial charge < -0.3 is 8.85 Å². The van der Waals surface area contributed by atoms with E-state index in [1.807, 2.05) is 13.8 Å². The molecule has 0 unspecified atom stereocenters. The van der Waals surface area contributed by atoms with E-state index in [1.165, 1.54) is 0 Å². The lowest BCUT2D eigenvalue weighted by atomic mass is 10.9. The average Bonchev–Trinajstić information content (AvgIpc) is 1.89. The van der Waals surface area contributed by atoms with Gasteiger partial charge in [-0.2, -0.15) is 0 Å². The molecule has 0 rings (SSSR count). The second-order valence-corrected chi connectivity index (χ2v) is 9.41. The summed E-state index contributed by atoms with van der Waals surface area (Å²) in [5.41, 5.74) is 0. The first-order valence-electron chi connectivity index (χ1n) is 3.65. The Labute approximate surface area is 76.8 Å². The Morgan fingerprint density at radius 3 is 1.70 bits per heavy atom. The highest BCUT2D eigenvalue weighted by atomic mass is 127. The van der Waals surface area contributed by atoms with Crippen molar-refractivity contribution in [2.45, 2.75) is 26.8 Å². The quantitative estimate of drug-likeness (QED) is 0.435. The fraction of sp³-hybridized carbons (Fsp3) is 1.00. The topological polar surface area (TPSA) is 18.5 Å². The molecule has 0 aliphatic heterocycles. The van der Waals surface area contributed by atoms with Crippen molar-refractivity contribution in [3.05, 3.63) is 0 Å². The number of hydrogen-bond donors (Lipinski definition) is 0. The summed E-state index contributed by atoms with van der Waals surface area (Å²) in [5, 5.41) is 0. The third-order valence-electron chi connectivity index (χ3n) is 1.14. The minimum atomic E-state index is -1.75. The van der Waals surface area contributed by atoms with E-state index < -0.39 is 6.06 Å². The summed E-state index contributed by atoms with van der Waals surface area (Å²) in [5.74, 6) is 0. The normalized spacial score (nSPS) is 12.0. The predicted molar refractivity (Wildman–Crippen MR) is 53.5 cm³/mol. The van der Waals surface area contributed by atoms with E-state index in [0.29, 0.717) is 0 Å². The van der Waals surface area contributed by atoms with Gasteiger partial charge in [0.15, 0.2) is 0 Å². The molecular weight excluding hydrogens is 259 g/mol. The van der Waals surface area contributed by atoms with E-state index >= 15 is 0 Å². The Morgan fingerprint density at radius 2 is 1.50 bits per heavy atom. The highest BCUT2D eigenvalue weighted by Crippen LogP contribution is 2.20. The summed E-state index contributed by atoms with van der Waals surface area (Å²) in [6, 6.07) is -0.730. The summed E-state index contributed by atoms with van der Waals surface area (Å²) >= 11 is 2.33. The molecule has 0 fully saturated rings. The van der Waals surface area contributed by atoms with Gasteiger partial charge in [-0.1, -0.05) is 6.92 Å². The van der Waals surface area contributed by atoms with Gasteiger partial charge >= 0.3 is 6.06 Å². The molecule has 0 bridgehead atoms. The van der Waals surface area contributed by atoms with E-state index in [0.717, 1.165) is 19.3 Å². The molecule has 0 aliphatic carbocycles. The Balaban J connectivity index is 3.69. The van der Waals surface area contributed by atoms with E-state index in [-0.39, 0.29) is 0 Å². The molecule has 2 nitrogen and oxygen atoms in total. The average molecular weight is 274 g/mol. The van der Waals surface area contributed by atoms with E-state index in [9.17, 15) is 0 Å². The van der Waals surface area contributed by atoms with Crippen LogP contribution in [-0.2, 0) is 8.85 Å². The van der Waals surface area contributed by atoms with Gasteiger partial charge in [0.25, 0.3) is 0 Å². The van der Waals surface area contributed by atoms with Crippen LogP contribution in [0, 0.1) is 0 Å². The maximum absolute atomic E-state index is 5.52. The van der Waals surface area contributed by atoms with Crippen LogP contribution >= 0.6 is 21.8 Å². The smallest absolute Gasteiger partial charge is 0.387 e. The van der Waals surface area contributed by atoms with Crippen LogP contribution in [-0.4, -0.2) is 19.3 Å². The Kier molecular flexibility index (Phi) is 5.99. The lowest BCUT2D eigenvalue weighted by Gasteiger charge is -2.21. The van der Waals surface area contributed by atoms with Gasteiger partial charge in [-0.3, -0.25) is 0 Å². The van der Waals surface area contributed by atoms with Crippen molar-refractivity contribution in [3.63, 3.8) is 0 Å². The third kappa shape index (κ3) is 3.90. The maximum Gasteiger partial charge on any atom is 0.407 e. The van der Waals surface area contributed by atoms with Crippen LogP contribution in [0.3, 0.4) is 0 Å². The molecule has 4 heteroatoms. The molecule has 0 N–H and O–H groups in total. The summed E-state index contributed by atoms with van der Waals surface area (Å²) in [6.45, 7) is 7.67. The van der Waals surface area contributed by atoms with Gasteiger partial charge in [-0.25, -0.2) is 0 Å². The van der Waals surface area contributed by atoms with Crippen molar-refractivity contribution in [2.24, 2.45) is 0 Å². The first kappa shape index (κ1) is 10.9. The highest BCUT2D eigenvalue weighted by molar-refractivity contribution is 14.1. The molecule has 0 aromatic carbocycles. The van der Waals surface area contributed by atoms with Gasteiger partial charge in [-0.05, 0) is 41.7 Å². The minimum absolute atomic E-state index is 0.767. The molecular formula is C6H15IO2Si.